The minimum absolute atomic E-state index is 1.12. The number of rotatable bonds is 9. The van der Waals surface area contributed by atoms with Crippen molar-refractivity contribution in [2.75, 3.05) is 0 Å². The average Bonchev–Trinajstić information content (AvgIpc) is 3.96. The van der Waals surface area contributed by atoms with E-state index in [1.165, 1.54) is 102 Å². The molecular weight excluding hydrogens is 853 g/mol. The Morgan fingerprint density at radius 2 is 0.667 bits per heavy atom. The molecule has 0 aliphatic carbocycles. The van der Waals surface area contributed by atoms with Gasteiger partial charge in [-0.05, 0) is 130 Å². The van der Waals surface area contributed by atoms with Gasteiger partial charge in [0.15, 0.2) is 0 Å². The van der Waals surface area contributed by atoms with Gasteiger partial charge < -0.3 is 9.13 Å². The summed E-state index contributed by atoms with van der Waals surface area (Å²) in [5.41, 5.74) is 14.3. The molecule has 0 spiro atoms. The molecule has 2 heterocycles. The van der Waals surface area contributed by atoms with E-state index in [0.29, 0.717) is 0 Å². The summed E-state index contributed by atoms with van der Waals surface area (Å²) in [7, 11) is -2.06. The number of hydrogen-bond donors (Lipinski definition) is 0. The third kappa shape index (κ3) is 6.65. The number of aromatic nitrogens is 2. The van der Waals surface area contributed by atoms with Gasteiger partial charge in [0.25, 0.3) is 0 Å². The Kier molecular flexibility index (Phi) is 9.96. The molecule has 0 amide bonds. The summed E-state index contributed by atoms with van der Waals surface area (Å²) in [4.78, 5) is 5.14. The molecule has 2 aromatic heterocycles. The van der Waals surface area contributed by atoms with E-state index in [-0.39, 0.29) is 0 Å². The third-order valence-electron chi connectivity index (χ3n) is 13.8. The Hall–Kier alpha value is -8.63. The van der Waals surface area contributed by atoms with Crippen LogP contribution in [-0.2, 0) is 0 Å². The molecule has 11 aromatic carbocycles. The largest absolute Gasteiger partial charge is 0.309 e. The van der Waals surface area contributed by atoms with Gasteiger partial charge in [-0.25, -0.2) is 0 Å². The number of nitrogens with zero attached hydrogens (tertiary/aromatic N) is 2. The Morgan fingerprint density at radius 3 is 1.23 bits per heavy atom. The first kappa shape index (κ1) is 40.6. The van der Waals surface area contributed by atoms with E-state index in [2.05, 4.69) is 288 Å². The van der Waals surface area contributed by atoms with Gasteiger partial charge in [0.2, 0.25) is 0 Å². The molecule has 13 aromatic rings. The summed E-state index contributed by atoms with van der Waals surface area (Å²) in [6.07, 6.45) is 0. The van der Waals surface area contributed by atoms with E-state index in [4.69, 9.17) is 0 Å². The second-order valence-corrected chi connectivity index (χ2v) is 20.8. The summed E-state index contributed by atoms with van der Waals surface area (Å²) < 4.78 is 4.96. The van der Waals surface area contributed by atoms with E-state index in [9.17, 15) is 0 Å². The Labute approximate surface area is 404 Å². The summed E-state index contributed by atoms with van der Waals surface area (Å²) in [5, 5.41) is 4.96. The molecule has 13 rings (SSSR count). The van der Waals surface area contributed by atoms with Crippen LogP contribution in [0.15, 0.2) is 299 Å². The Balaban J connectivity index is 1.04. The van der Waals surface area contributed by atoms with Crippen LogP contribution >= 0.6 is 10.0 Å². The second kappa shape index (κ2) is 16.9. The van der Waals surface area contributed by atoms with Crippen LogP contribution in [0.4, 0.5) is 0 Å². The first-order valence-electron chi connectivity index (χ1n) is 23.7. The predicted octanol–water partition coefficient (Wildman–Crippen LogP) is 18.2. The summed E-state index contributed by atoms with van der Waals surface area (Å²) in [6, 6.07) is 103. The second-order valence-electron chi connectivity index (χ2n) is 17.7. The molecule has 0 aliphatic heterocycles. The molecule has 0 atom stereocenters. The summed E-state index contributed by atoms with van der Waals surface area (Å²) >= 11 is 0. The lowest BCUT2D eigenvalue weighted by atomic mass is 9.99. The molecule has 326 valence electrons. The number of hydrogen-bond acceptors (Lipinski definition) is 0. The van der Waals surface area contributed by atoms with Gasteiger partial charge in [-0.1, -0.05) is 182 Å². The van der Waals surface area contributed by atoms with Crippen LogP contribution in [0, 0.1) is 0 Å². The highest BCUT2D eigenvalue weighted by atomic mass is 32.3. The molecule has 0 bridgehead atoms. The summed E-state index contributed by atoms with van der Waals surface area (Å²) in [5.74, 6) is 0. The van der Waals surface area contributed by atoms with Crippen molar-refractivity contribution in [2.45, 2.75) is 19.6 Å². The number of para-hydroxylation sites is 2. The van der Waals surface area contributed by atoms with Gasteiger partial charge in [0.1, 0.15) is 0 Å². The van der Waals surface area contributed by atoms with Gasteiger partial charge in [-0.2, -0.15) is 0 Å². The molecule has 0 aliphatic rings. The van der Waals surface area contributed by atoms with Gasteiger partial charge in [-0.3, -0.25) is 0 Å². The quantitative estimate of drug-likeness (QED) is 0.137. The zero-order chi connectivity index (χ0) is 45.7. The van der Waals surface area contributed by atoms with E-state index in [0.717, 1.165) is 5.69 Å². The van der Waals surface area contributed by atoms with Crippen LogP contribution in [0.3, 0.4) is 0 Å². The van der Waals surface area contributed by atoms with Crippen molar-refractivity contribution in [3.8, 4) is 44.8 Å². The van der Waals surface area contributed by atoms with Crippen LogP contribution in [0.5, 0.6) is 0 Å². The Bertz CT molecular complexity index is 3870. The SMILES string of the molecule is c1ccc(-c2cc(-c3ccccc3)cc(S(c3ccccc3)(c3ccccc3)c3ccc(-n4c5ccccc5c5c(-n6c7ccccc7c7c(-c8ccccc8)cccc76)cccc54)cc3)c2)cc1. The van der Waals surface area contributed by atoms with Crippen LogP contribution in [-0.4, -0.2) is 9.13 Å². The van der Waals surface area contributed by atoms with E-state index in [1.54, 1.807) is 0 Å². The van der Waals surface area contributed by atoms with Crippen molar-refractivity contribution in [1.82, 2.24) is 9.13 Å². The summed E-state index contributed by atoms with van der Waals surface area (Å²) in [6.45, 7) is 0. The predicted molar refractivity (Wildman–Crippen MR) is 291 cm³/mol. The van der Waals surface area contributed by atoms with E-state index < -0.39 is 10.0 Å². The average molecular weight is 899 g/mol. The maximum atomic E-state index is 2.49. The number of fused-ring (bicyclic) bond motifs is 6. The van der Waals surface area contributed by atoms with Gasteiger partial charge in [0, 0.05) is 46.8 Å². The van der Waals surface area contributed by atoms with Crippen LogP contribution < -0.4 is 0 Å². The highest BCUT2D eigenvalue weighted by Crippen LogP contribution is 2.74. The minimum atomic E-state index is -2.06. The van der Waals surface area contributed by atoms with Gasteiger partial charge in [-0.15, -0.1) is 10.0 Å². The molecule has 0 saturated carbocycles. The Morgan fingerprint density at radius 1 is 0.246 bits per heavy atom. The van der Waals surface area contributed by atoms with Gasteiger partial charge >= 0.3 is 0 Å². The molecule has 2 nitrogen and oxygen atoms in total. The maximum Gasteiger partial charge on any atom is 0.0562 e. The highest BCUT2D eigenvalue weighted by Gasteiger charge is 2.34. The van der Waals surface area contributed by atoms with Crippen molar-refractivity contribution in [1.29, 1.82) is 0 Å². The van der Waals surface area contributed by atoms with Crippen molar-refractivity contribution in [3.63, 3.8) is 0 Å². The molecule has 0 unspecified atom stereocenters. The fourth-order valence-electron chi connectivity index (χ4n) is 10.8. The normalized spacial score (nSPS) is 12.0. The number of benzene rings is 11. The van der Waals surface area contributed by atoms with Crippen molar-refractivity contribution in [2.24, 2.45) is 0 Å². The zero-order valence-electron chi connectivity index (χ0n) is 37.9. The first-order chi connectivity index (χ1) is 34.3. The lowest BCUT2D eigenvalue weighted by Gasteiger charge is -2.42. The van der Waals surface area contributed by atoms with E-state index >= 15 is 0 Å². The van der Waals surface area contributed by atoms with Crippen LogP contribution in [0.2, 0.25) is 0 Å². The standard InChI is InChI=1S/C66H46N2S/c1-6-22-47(23-7-1)50-44-51(48-24-8-2-9-25-48)46-56(45-50)69(53-28-12-4-13-29-53,54-30-14-5-15-31-54)55-42-40-52(41-43-55)67-60-35-18-17-33-59(60)66-63(67)38-21-39-64(66)68-61-36-19-16-32-58(61)65-57(34-20-37-62(65)68)49-26-10-3-11-27-49/h1-46H. The lowest BCUT2D eigenvalue weighted by Crippen LogP contribution is -2.06. The lowest BCUT2D eigenvalue weighted by molar-refractivity contribution is 1.15. The van der Waals surface area contributed by atoms with Crippen LogP contribution in [0.25, 0.3) is 88.4 Å². The minimum Gasteiger partial charge on any atom is -0.309 e. The van der Waals surface area contributed by atoms with Crippen molar-refractivity contribution < 1.29 is 0 Å². The fourth-order valence-corrected chi connectivity index (χ4v) is 14.8. The maximum absolute atomic E-state index is 2.49. The molecular formula is C66H46N2S. The fraction of sp³-hybridized carbons (Fsp3) is 0. The smallest absolute Gasteiger partial charge is 0.0562 e. The third-order valence-corrected chi connectivity index (χ3v) is 17.7. The monoisotopic (exact) mass is 898 g/mol. The molecule has 0 N–H and O–H groups in total. The highest BCUT2D eigenvalue weighted by molar-refractivity contribution is 8.34. The van der Waals surface area contributed by atoms with E-state index in [1.807, 2.05) is 0 Å². The zero-order valence-corrected chi connectivity index (χ0v) is 38.7. The molecule has 0 radical (unpaired) electrons. The topological polar surface area (TPSA) is 9.86 Å². The van der Waals surface area contributed by atoms with Gasteiger partial charge in [0.05, 0.1) is 27.8 Å². The molecule has 0 saturated heterocycles. The van der Waals surface area contributed by atoms with Crippen molar-refractivity contribution >= 4 is 53.6 Å². The molecule has 3 heteroatoms. The molecule has 69 heavy (non-hydrogen) atoms. The first-order valence-corrected chi connectivity index (χ1v) is 25.3. The van der Waals surface area contributed by atoms with Crippen molar-refractivity contribution in [3.05, 3.63) is 279 Å². The molecule has 0 fully saturated rings. The van der Waals surface area contributed by atoms with Crippen LogP contribution in [0.1, 0.15) is 0 Å².